The highest BCUT2D eigenvalue weighted by Crippen LogP contribution is 2.38. The van der Waals surface area contributed by atoms with Gasteiger partial charge in [-0.25, -0.2) is 13.4 Å². The maximum Gasteiger partial charge on any atom is 0.387 e. The number of esters is 1. The van der Waals surface area contributed by atoms with Gasteiger partial charge < -0.3 is 14.2 Å². The third-order valence-electron chi connectivity index (χ3n) is 6.10. The number of aromatic nitrogens is 1. The Labute approximate surface area is 243 Å². The molecule has 1 saturated carbocycles. The average Bonchev–Trinajstić information content (AvgIpc) is 3.74. The van der Waals surface area contributed by atoms with E-state index in [-0.39, 0.29) is 56.6 Å². The third kappa shape index (κ3) is 8.24. The Morgan fingerprint density at radius 1 is 1.07 bits per heavy atom. The molecule has 0 amide bonds. The van der Waals surface area contributed by atoms with Crippen LogP contribution >= 0.6 is 23.2 Å². The molecule has 4 rings (SSSR count). The van der Waals surface area contributed by atoms with Crippen LogP contribution in [0.25, 0.3) is 0 Å². The van der Waals surface area contributed by atoms with Crippen molar-refractivity contribution in [2.24, 2.45) is 5.92 Å². The number of nitro benzene ring substituents is 1. The number of nitrogens with one attached hydrogen (secondary N) is 1. The van der Waals surface area contributed by atoms with Gasteiger partial charge in [-0.05, 0) is 48.6 Å². The number of hydrogen-bond donors (Lipinski definition) is 0. The molecule has 1 aliphatic rings. The van der Waals surface area contributed by atoms with Crippen LogP contribution in [0.15, 0.2) is 59.8 Å². The van der Waals surface area contributed by atoms with Gasteiger partial charge in [0.05, 0.1) is 16.4 Å². The summed E-state index contributed by atoms with van der Waals surface area (Å²) in [7, 11) is -4.24. The second kappa shape index (κ2) is 13.0. The van der Waals surface area contributed by atoms with Gasteiger partial charge in [0.1, 0.15) is 16.1 Å². The number of sulfone groups is 1. The number of rotatable bonds is 13. The molecule has 15 heteroatoms. The number of aromatic amines is 1. The van der Waals surface area contributed by atoms with Gasteiger partial charge in [0.15, 0.2) is 39.5 Å². The van der Waals surface area contributed by atoms with Crippen molar-refractivity contribution >= 4 is 44.7 Å². The first-order valence-electron chi connectivity index (χ1n) is 12.1. The number of carbonyl (C=O) groups is 1. The second-order valence-electron chi connectivity index (χ2n) is 9.16. The zero-order valence-electron chi connectivity index (χ0n) is 21.1. The maximum atomic E-state index is 13.0. The van der Waals surface area contributed by atoms with E-state index in [0.29, 0.717) is 5.56 Å². The normalized spacial score (nSPS) is 14.0. The van der Waals surface area contributed by atoms with E-state index < -0.39 is 39.2 Å². The topological polar surface area (TPSA) is 136 Å². The van der Waals surface area contributed by atoms with E-state index in [9.17, 15) is 32.1 Å². The fraction of sp³-hybridized carbons (Fsp3) is 0.308. The Morgan fingerprint density at radius 2 is 1.73 bits per heavy atom. The minimum atomic E-state index is -4.24. The van der Waals surface area contributed by atoms with Gasteiger partial charge in [0.25, 0.3) is 5.69 Å². The van der Waals surface area contributed by atoms with Crippen LogP contribution in [-0.2, 0) is 25.8 Å². The number of nitrogens with zero attached hydrogens (tertiary/aromatic N) is 1. The van der Waals surface area contributed by atoms with Gasteiger partial charge in [-0.1, -0.05) is 29.3 Å². The molecule has 0 radical (unpaired) electrons. The van der Waals surface area contributed by atoms with Crippen molar-refractivity contribution in [1.82, 2.24) is 0 Å². The van der Waals surface area contributed by atoms with E-state index >= 15 is 0 Å². The highest BCUT2D eigenvalue weighted by atomic mass is 35.5. The van der Waals surface area contributed by atoms with Gasteiger partial charge >= 0.3 is 12.6 Å². The first kappa shape index (κ1) is 30.4. The van der Waals surface area contributed by atoms with Crippen LogP contribution in [0.2, 0.25) is 10.0 Å². The molecule has 1 aromatic heterocycles. The summed E-state index contributed by atoms with van der Waals surface area (Å²) in [5.41, 5.74) is 0.328. The number of pyridine rings is 1. The molecule has 0 saturated heterocycles. The standard InChI is InChI=1S/C26H22Cl2F2N2O8S/c27-20-11-31-12-21(28)19(20)10-23(16-3-8-22(40-26(29)30)24(9-16)38-13-15-1-2-15)39-25(33)14-41(36,37)18-6-4-17(5-7-18)32(34)35/h3-9,11-12,15,23,26H,1-2,10,13-14H2/p+1/t23-/m0/s1. The zero-order valence-corrected chi connectivity index (χ0v) is 23.4. The molecule has 0 spiro atoms. The number of halogens is 4. The van der Waals surface area contributed by atoms with Gasteiger partial charge in [0.2, 0.25) is 0 Å². The molecule has 10 nitrogen and oxygen atoms in total. The molecule has 1 aliphatic carbocycles. The molecule has 0 bridgehead atoms. The van der Waals surface area contributed by atoms with Crippen LogP contribution < -0.4 is 14.5 Å². The second-order valence-corrected chi connectivity index (χ2v) is 12.0. The number of nitro groups is 1. The quantitative estimate of drug-likeness (QED) is 0.139. The highest BCUT2D eigenvalue weighted by Gasteiger charge is 2.28. The van der Waals surface area contributed by atoms with Crippen molar-refractivity contribution in [3.8, 4) is 11.5 Å². The summed E-state index contributed by atoms with van der Waals surface area (Å²) in [5.74, 6) is -2.16. The Kier molecular flexibility index (Phi) is 9.61. The Hall–Kier alpha value is -3.55. The van der Waals surface area contributed by atoms with Gasteiger partial charge in [-0.15, -0.1) is 0 Å². The molecule has 218 valence electrons. The van der Waals surface area contributed by atoms with Crippen LogP contribution in [0.1, 0.15) is 30.1 Å². The molecule has 1 heterocycles. The number of benzene rings is 2. The summed E-state index contributed by atoms with van der Waals surface area (Å²) in [5, 5.41) is 11.3. The monoisotopic (exact) mass is 631 g/mol. The number of carbonyl (C=O) groups excluding carboxylic acids is 1. The van der Waals surface area contributed by atoms with E-state index in [4.69, 9.17) is 32.7 Å². The zero-order chi connectivity index (χ0) is 29.7. The minimum Gasteiger partial charge on any atom is -0.489 e. The fourth-order valence-electron chi connectivity index (χ4n) is 3.81. The molecule has 3 aromatic rings. The van der Waals surface area contributed by atoms with Crippen LogP contribution in [-0.4, -0.2) is 38.3 Å². The van der Waals surface area contributed by atoms with Crippen LogP contribution in [0.4, 0.5) is 14.5 Å². The summed E-state index contributed by atoms with van der Waals surface area (Å²) in [6.45, 7) is -2.84. The van der Waals surface area contributed by atoms with E-state index in [1.54, 1.807) is 0 Å². The van der Waals surface area contributed by atoms with Crippen molar-refractivity contribution in [3.63, 3.8) is 0 Å². The largest absolute Gasteiger partial charge is 0.489 e. The Morgan fingerprint density at radius 3 is 2.32 bits per heavy atom. The van der Waals surface area contributed by atoms with E-state index in [1.807, 2.05) is 0 Å². The number of non-ortho nitro benzene ring substituents is 1. The van der Waals surface area contributed by atoms with Gasteiger partial charge in [-0.3, -0.25) is 14.9 Å². The lowest BCUT2D eigenvalue weighted by atomic mass is 10.0. The lowest BCUT2D eigenvalue weighted by molar-refractivity contribution is -0.384. The van der Waals surface area contributed by atoms with Crippen molar-refractivity contribution in [2.75, 3.05) is 12.4 Å². The lowest BCUT2D eigenvalue weighted by Gasteiger charge is -2.21. The molecule has 1 atom stereocenters. The van der Waals surface area contributed by atoms with E-state index in [0.717, 1.165) is 37.1 Å². The Bertz CT molecular complexity index is 1520. The molecule has 1 fully saturated rings. The number of ether oxygens (including phenoxy) is 3. The first-order chi connectivity index (χ1) is 19.4. The smallest absolute Gasteiger partial charge is 0.387 e. The van der Waals surface area contributed by atoms with Crippen molar-refractivity contribution in [2.45, 2.75) is 36.9 Å². The van der Waals surface area contributed by atoms with Crippen LogP contribution in [0, 0.1) is 16.0 Å². The highest BCUT2D eigenvalue weighted by molar-refractivity contribution is 7.92. The average molecular weight is 632 g/mol. The molecule has 41 heavy (non-hydrogen) atoms. The SMILES string of the molecule is O=C(CS(=O)(=O)c1ccc([N+](=O)[O-])cc1)O[C@@H](Cc1c(Cl)c[nH+]cc1Cl)c1ccc(OC(F)F)c(OCC2CC2)c1. The molecule has 0 unspecified atom stereocenters. The van der Waals surface area contributed by atoms with Crippen LogP contribution in [0.3, 0.4) is 0 Å². The molecule has 0 aliphatic heterocycles. The number of H-pyrrole nitrogens is 1. The molecular weight excluding hydrogens is 609 g/mol. The molecule has 1 N–H and O–H groups in total. The lowest BCUT2D eigenvalue weighted by Crippen LogP contribution is -2.22. The number of alkyl halides is 2. The fourth-order valence-corrected chi connectivity index (χ4v) is 5.44. The van der Waals surface area contributed by atoms with Crippen molar-refractivity contribution in [1.29, 1.82) is 0 Å². The number of hydrogen-bond acceptors (Lipinski definition) is 8. The summed E-state index contributed by atoms with van der Waals surface area (Å²) in [6, 6.07) is 8.03. The van der Waals surface area contributed by atoms with Gasteiger partial charge in [-0.2, -0.15) is 8.78 Å². The van der Waals surface area contributed by atoms with Gasteiger partial charge in [0, 0.05) is 24.1 Å². The maximum absolute atomic E-state index is 13.0. The molecular formula is C26H23Cl2F2N2O8S+. The summed E-state index contributed by atoms with van der Waals surface area (Å²) in [4.78, 5) is 25.6. The third-order valence-corrected chi connectivity index (χ3v) is 8.38. The first-order valence-corrected chi connectivity index (χ1v) is 14.6. The predicted octanol–water partition coefficient (Wildman–Crippen LogP) is 5.41. The van der Waals surface area contributed by atoms with Crippen LogP contribution in [0.5, 0.6) is 11.5 Å². The predicted molar refractivity (Wildman–Crippen MR) is 142 cm³/mol. The summed E-state index contributed by atoms with van der Waals surface area (Å²) in [6.07, 6.45) is 3.50. The summed E-state index contributed by atoms with van der Waals surface area (Å²) < 4.78 is 67.6. The Balaban J connectivity index is 1.62. The minimum absolute atomic E-state index is 0.00663. The molecule has 2 aromatic carbocycles. The van der Waals surface area contributed by atoms with Crippen molar-refractivity contribution < 1.29 is 46.1 Å². The summed E-state index contributed by atoms with van der Waals surface area (Å²) >= 11 is 12.6. The van der Waals surface area contributed by atoms with Crippen molar-refractivity contribution in [3.05, 3.63) is 86.1 Å². The van der Waals surface area contributed by atoms with E-state index in [2.05, 4.69) is 9.72 Å². The van der Waals surface area contributed by atoms with E-state index in [1.165, 1.54) is 30.6 Å².